The van der Waals surface area contributed by atoms with Crippen molar-refractivity contribution < 1.29 is 22.3 Å². The molecule has 0 saturated heterocycles. The zero-order valence-corrected chi connectivity index (χ0v) is 16.6. The number of nitrogens with zero attached hydrogens (tertiary/aromatic N) is 1. The predicted molar refractivity (Wildman–Crippen MR) is 101 cm³/mol. The number of hydrogen-bond donors (Lipinski definition) is 0. The number of sulfonamides is 1. The van der Waals surface area contributed by atoms with E-state index in [2.05, 4.69) is 0 Å². The molecule has 2 aromatic rings. The summed E-state index contributed by atoms with van der Waals surface area (Å²) in [5.74, 6) is -1.21. The molecule has 0 radical (unpaired) electrons. The number of ether oxygens (including phenoxy) is 1. The van der Waals surface area contributed by atoms with Gasteiger partial charge < -0.3 is 4.74 Å². The molecule has 25 heavy (non-hydrogen) atoms. The maximum atomic E-state index is 13.1. The Hall–Kier alpha value is -1.68. The van der Waals surface area contributed by atoms with Crippen LogP contribution in [0.15, 0.2) is 53.4 Å². The molecule has 2 aromatic carbocycles. The maximum Gasteiger partial charge on any atom is 0.327 e. The number of rotatable bonds is 6. The van der Waals surface area contributed by atoms with Gasteiger partial charge in [0.05, 0.1) is 16.7 Å². The van der Waals surface area contributed by atoms with E-state index in [0.717, 1.165) is 16.4 Å². The minimum Gasteiger partial charge on any atom is -0.462 e. The Kier molecular flexibility index (Phi) is 6.39. The number of hydrogen-bond acceptors (Lipinski definition) is 4. The van der Waals surface area contributed by atoms with Crippen molar-refractivity contribution in [2.75, 3.05) is 10.8 Å². The summed E-state index contributed by atoms with van der Waals surface area (Å²) in [6.45, 7) is 2.89. The smallest absolute Gasteiger partial charge is 0.327 e. The first kappa shape index (κ1) is 19.6. The zero-order valence-electron chi connectivity index (χ0n) is 13.6. The van der Waals surface area contributed by atoms with E-state index in [1.54, 1.807) is 38.1 Å². The van der Waals surface area contributed by atoms with Crippen LogP contribution in [-0.4, -0.2) is 27.0 Å². The van der Waals surface area contributed by atoms with E-state index in [4.69, 9.17) is 4.74 Å². The van der Waals surface area contributed by atoms with E-state index in [9.17, 15) is 17.6 Å². The fourth-order valence-electron chi connectivity index (χ4n) is 2.10. The van der Waals surface area contributed by atoms with Gasteiger partial charge in [-0.2, -0.15) is 0 Å². The number of anilines is 1. The molecule has 0 atom stereocenters. The number of para-hydroxylation sites is 1. The molecule has 0 amide bonds. The van der Waals surface area contributed by atoms with Crippen LogP contribution in [0.25, 0.3) is 0 Å². The van der Waals surface area contributed by atoms with Gasteiger partial charge in [0.2, 0.25) is 0 Å². The van der Waals surface area contributed by atoms with Crippen molar-refractivity contribution >= 4 is 44.3 Å². The summed E-state index contributed by atoms with van der Waals surface area (Å²) in [6.07, 6.45) is -0.363. The predicted octanol–water partition coefficient (Wildman–Crippen LogP) is 3.58. The molecule has 0 aliphatic heterocycles. The third-order valence-corrected chi connectivity index (χ3v) is 5.85. The monoisotopic (exact) mass is 477 g/mol. The maximum absolute atomic E-state index is 13.1. The molecule has 2 rings (SSSR count). The SMILES string of the molecule is CC(C)OC(=O)CN(c1ccccc1I)S(=O)(=O)c1ccc(F)cc1. The van der Waals surface area contributed by atoms with Crippen molar-refractivity contribution in [3.05, 3.63) is 57.9 Å². The van der Waals surface area contributed by atoms with Gasteiger partial charge in [-0.05, 0) is 72.8 Å². The highest BCUT2D eigenvalue weighted by molar-refractivity contribution is 14.1. The summed E-state index contributed by atoms with van der Waals surface area (Å²) in [7, 11) is -4.06. The molecule has 0 fully saturated rings. The molecule has 0 spiro atoms. The third-order valence-electron chi connectivity index (χ3n) is 3.16. The molecule has 0 aliphatic carbocycles. The van der Waals surface area contributed by atoms with Gasteiger partial charge in [-0.3, -0.25) is 9.10 Å². The van der Waals surface area contributed by atoms with Gasteiger partial charge in [0.15, 0.2) is 0 Å². The van der Waals surface area contributed by atoms with E-state index in [0.29, 0.717) is 9.26 Å². The molecular formula is C17H17FINO4S. The molecule has 0 aliphatic rings. The lowest BCUT2D eigenvalue weighted by atomic mass is 10.3. The Labute approximate surface area is 160 Å². The molecule has 0 unspecified atom stereocenters. The van der Waals surface area contributed by atoms with Crippen molar-refractivity contribution in [3.8, 4) is 0 Å². The normalized spacial score (nSPS) is 11.4. The van der Waals surface area contributed by atoms with Crippen LogP contribution in [0.4, 0.5) is 10.1 Å². The first-order valence-electron chi connectivity index (χ1n) is 7.44. The second-order valence-electron chi connectivity index (χ2n) is 5.46. The highest BCUT2D eigenvalue weighted by atomic mass is 127. The second kappa shape index (κ2) is 8.13. The van der Waals surface area contributed by atoms with Crippen LogP contribution in [0.1, 0.15) is 13.8 Å². The fourth-order valence-corrected chi connectivity index (χ4v) is 4.38. The van der Waals surface area contributed by atoms with Gasteiger partial charge in [-0.15, -0.1) is 0 Å². The number of carbonyl (C=O) groups is 1. The van der Waals surface area contributed by atoms with Gasteiger partial charge in [0.25, 0.3) is 10.0 Å². The largest absolute Gasteiger partial charge is 0.462 e. The average Bonchev–Trinajstić information content (AvgIpc) is 2.53. The quantitative estimate of drug-likeness (QED) is 0.472. The lowest BCUT2D eigenvalue weighted by Gasteiger charge is -2.25. The van der Waals surface area contributed by atoms with E-state index in [1.165, 1.54) is 12.1 Å². The minimum atomic E-state index is -4.06. The number of benzene rings is 2. The standard InChI is InChI=1S/C17H17FINO4S/c1-12(2)24-17(21)11-20(16-6-4-3-5-15(16)19)25(22,23)14-9-7-13(18)8-10-14/h3-10,12H,11H2,1-2H3. The van der Waals surface area contributed by atoms with E-state index in [1.807, 2.05) is 22.6 Å². The Balaban J connectivity index is 2.48. The van der Waals surface area contributed by atoms with Crippen molar-refractivity contribution in [1.29, 1.82) is 0 Å². The fraction of sp³-hybridized carbons (Fsp3) is 0.235. The lowest BCUT2D eigenvalue weighted by Crippen LogP contribution is -2.37. The Morgan fingerprint density at radius 2 is 1.76 bits per heavy atom. The van der Waals surface area contributed by atoms with Gasteiger partial charge in [0, 0.05) is 3.57 Å². The number of halogens is 2. The van der Waals surface area contributed by atoms with Crippen molar-refractivity contribution in [2.24, 2.45) is 0 Å². The zero-order chi connectivity index (χ0) is 18.6. The van der Waals surface area contributed by atoms with Gasteiger partial charge in [-0.25, -0.2) is 12.8 Å². The van der Waals surface area contributed by atoms with Crippen molar-refractivity contribution in [3.63, 3.8) is 0 Å². The molecule has 134 valence electrons. The molecule has 0 saturated carbocycles. The molecule has 0 heterocycles. The number of carbonyl (C=O) groups excluding carboxylic acids is 1. The first-order valence-corrected chi connectivity index (χ1v) is 9.96. The third kappa shape index (κ3) is 4.91. The summed E-state index contributed by atoms with van der Waals surface area (Å²) in [4.78, 5) is 12.0. The molecule has 0 bridgehead atoms. The van der Waals surface area contributed by atoms with Crippen LogP contribution in [0.2, 0.25) is 0 Å². The van der Waals surface area contributed by atoms with Crippen LogP contribution >= 0.6 is 22.6 Å². The van der Waals surface area contributed by atoms with E-state index >= 15 is 0 Å². The van der Waals surface area contributed by atoms with Gasteiger partial charge >= 0.3 is 5.97 Å². The molecule has 8 heteroatoms. The van der Waals surface area contributed by atoms with Crippen LogP contribution in [0.5, 0.6) is 0 Å². The Morgan fingerprint density at radius 1 is 1.16 bits per heavy atom. The van der Waals surface area contributed by atoms with E-state index < -0.39 is 28.4 Å². The number of esters is 1. The molecule has 5 nitrogen and oxygen atoms in total. The Bertz CT molecular complexity index is 853. The minimum absolute atomic E-state index is 0.106. The van der Waals surface area contributed by atoms with E-state index in [-0.39, 0.29) is 11.0 Å². The molecule has 0 aromatic heterocycles. The van der Waals surface area contributed by atoms with Crippen LogP contribution in [-0.2, 0) is 19.6 Å². The average molecular weight is 477 g/mol. The first-order chi connectivity index (χ1) is 11.7. The van der Waals surface area contributed by atoms with Crippen LogP contribution < -0.4 is 4.31 Å². The van der Waals surface area contributed by atoms with Crippen LogP contribution in [0.3, 0.4) is 0 Å². The summed E-state index contributed by atoms with van der Waals surface area (Å²) in [5, 5.41) is 0. The summed E-state index contributed by atoms with van der Waals surface area (Å²) in [5.41, 5.74) is 0.355. The summed E-state index contributed by atoms with van der Waals surface area (Å²) >= 11 is 1.99. The van der Waals surface area contributed by atoms with Crippen molar-refractivity contribution in [2.45, 2.75) is 24.8 Å². The summed E-state index contributed by atoms with van der Waals surface area (Å²) < 4.78 is 45.9. The topological polar surface area (TPSA) is 63.7 Å². The second-order valence-corrected chi connectivity index (χ2v) is 8.48. The highest BCUT2D eigenvalue weighted by Gasteiger charge is 2.29. The summed E-state index contributed by atoms with van der Waals surface area (Å²) in [6, 6.07) is 11.2. The molecular weight excluding hydrogens is 460 g/mol. The van der Waals surface area contributed by atoms with Crippen molar-refractivity contribution in [1.82, 2.24) is 0 Å². The van der Waals surface area contributed by atoms with Crippen LogP contribution in [0, 0.1) is 9.39 Å². The van der Waals surface area contributed by atoms with Gasteiger partial charge in [0.1, 0.15) is 12.4 Å². The van der Waals surface area contributed by atoms with Gasteiger partial charge in [-0.1, -0.05) is 12.1 Å². The Morgan fingerprint density at radius 3 is 2.32 bits per heavy atom. The highest BCUT2D eigenvalue weighted by Crippen LogP contribution is 2.28. The molecule has 0 N–H and O–H groups in total. The lowest BCUT2D eigenvalue weighted by molar-refractivity contribution is -0.145.